The largest absolute Gasteiger partial charge is 0.371 e. The summed E-state index contributed by atoms with van der Waals surface area (Å²) >= 11 is 0. The Kier molecular flexibility index (Phi) is 3.76. The molecule has 3 rings (SSSR count). The molecule has 1 radical (unpaired) electrons. The Morgan fingerprint density at radius 2 is 1.90 bits per heavy atom. The van der Waals surface area contributed by atoms with Crippen LogP contribution in [-0.2, 0) is 9.84 Å². The molecule has 2 fully saturated rings. The van der Waals surface area contributed by atoms with E-state index in [2.05, 4.69) is 23.1 Å². The highest BCUT2D eigenvalue weighted by Gasteiger charge is 2.29. The fraction of sp³-hybridized carbons (Fsp3) is 0.625. The summed E-state index contributed by atoms with van der Waals surface area (Å²) in [5, 5.41) is -0.152. The molecule has 1 aliphatic carbocycles. The summed E-state index contributed by atoms with van der Waals surface area (Å²) in [4.78, 5) is 2.36. The molecule has 0 unspecified atom stereocenters. The number of anilines is 1. The Balaban J connectivity index is 1.75. The second-order valence-corrected chi connectivity index (χ2v) is 8.45. The predicted octanol–water partition coefficient (Wildman–Crippen LogP) is 2.77. The molecular formula is C16H22NO2S. The van der Waals surface area contributed by atoms with Crippen LogP contribution in [0.4, 0.5) is 5.69 Å². The van der Waals surface area contributed by atoms with Crippen LogP contribution in [-0.4, -0.2) is 33.0 Å². The zero-order valence-electron chi connectivity index (χ0n) is 12.0. The summed E-state index contributed by atoms with van der Waals surface area (Å²) in [5.74, 6) is 0.690. The Morgan fingerprint density at radius 3 is 2.45 bits per heavy atom. The molecule has 0 atom stereocenters. The number of sulfone groups is 1. The number of hydrogen-bond acceptors (Lipinski definition) is 3. The molecule has 2 aliphatic rings. The van der Waals surface area contributed by atoms with Crippen LogP contribution < -0.4 is 4.90 Å². The quantitative estimate of drug-likeness (QED) is 0.859. The van der Waals surface area contributed by atoms with Crippen molar-refractivity contribution in [3.63, 3.8) is 0 Å². The molecule has 1 aromatic rings. The van der Waals surface area contributed by atoms with Gasteiger partial charge in [-0.25, -0.2) is 8.42 Å². The third-order valence-corrected chi connectivity index (χ3v) is 6.49. The second kappa shape index (κ2) is 5.40. The van der Waals surface area contributed by atoms with E-state index in [0.29, 0.717) is 5.92 Å². The summed E-state index contributed by atoms with van der Waals surface area (Å²) in [7, 11) is -2.88. The normalized spacial score (nSPS) is 21.8. The highest BCUT2D eigenvalue weighted by molar-refractivity contribution is 7.91. The Hall–Kier alpha value is -1.03. The molecular weight excluding hydrogens is 270 g/mol. The van der Waals surface area contributed by atoms with Crippen LogP contribution in [0.3, 0.4) is 0 Å². The monoisotopic (exact) mass is 292 g/mol. The highest BCUT2D eigenvalue weighted by atomic mass is 32.2. The van der Waals surface area contributed by atoms with Gasteiger partial charge in [0.1, 0.15) is 9.84 Å². The fourth-order valence-corrected chi connectivity index (χ4v) is 4.36. The lowest BCUT2D eigenvalue weighted by Crippen LogP contribution is -2.39. The first-order valence-corrected chi connectivity index (χ1v) is 9.45. The molecule has 3 nitrogen and oxygen atoms in total. The number of hydrogen-bond donors (Lipinski definition) is 0. The van der Waals surface area contributed by atoms with Crippen LogP contribution in [0.15, 0.2) is 18.2 Å². The summed E-state index contributed by atoms with van der Waals surface area (Å²) in [5.41, 5.74) is 2.72. The van der Waals surface area contributed by atoms with Crippen LogP contribution in [0.1, 0.15) is 43.6 Å². The lowest BCUT2D eigenvalue weighted by molar-refractivity contribution is 0.418. The summed E-state index contributed by atoms with van der Waals surface area (Å²) in [6, 6.07) is 9.45. The molecule has 1 aromatic carbocycles. The van der Waals surface area contributed by atoms with Gasteiger partial charge in [0.2, 0.25) is 0 Å². The topological polar surface area (TPSA) is 37.4 Å². The van der Waals surface area contributed by atoms with E-state index in [4.69, 9.17) is 0 Å². The van der Waals surface area contributed by atoms with Crippen molar-refractivity contribution in [1.82, 2.24) is 0 Å². The van der Waals surface area contributed by atoms with Crippen molar-refractivity contribution in [1.29, 1.82) is 0 Å². The zero-order chi connectivity index (χ0) is 14.2. The summed E-state index contributed by atoms with van der Waals surface area (Å²) in [6.07, 6.45) is 6.76. The molecule has 0 spiro atoms. The minimum atomic E-state index is -2.88. The fourth-order valence-electron chi connectivity index (χ4n) is 3.29. The van der Waals surface area contributed by atoms with Gasteiger partial charge in [-0.15, -0.1) is 0 Å². The van der Waals surface area contributed by atoms with Gasteiger partial charge in [0.25, 0.3) is 0 Å². The zero-order valence-corrected chi connectivity index (χ0v) is 12.8. The van der Waals surface area contributed by atoms with Crippen molar-refractivity contribution in [2.75, 3.05) is 24.2 Å². The van der Waals surface area contributed by atoms with Crippen molar-refractivity contribution in [3.05, 3.63) is 29.8 Å². The summed E-state index contributed by atoms with van der Waals surface area (Å²) in [6.45, 7) is 1.70. The SMILES string of the molecule is CS(=O)(=O)C1CCN(c2cc[c]cc2C2CCC2)CC1. The van der Waals surface area contributed by atoms with E-state index in [0.717, 1.165) is 25.9 Å². The average Bonchev–Trinajstić information content (AvgIpc) is 2.37. The van der Waals surface area contributed by atoms with Gasteiger partial charge in [0.05, 0.1) is 5.25 Å². The van der Waals surface area contributed by atoms with Crippen LogP contribution in [0, 0.1) is 6.07 Å². The number of rotatable bonds is 3. The minimum Gasteiger partial charge on any atom is -0.371 e. The van der Waals surface area contributed by atoms with Crippen molar-refractivity contribution in [2.45, 2.75) is 43.3 Å². The van der Waals surface area contributed by atoms with Crippen LogP contribution in [0.25, 0.3) is 0 Å². The number of nitrogens with zero attached hydrogens (tertiary/aromatic N) is 1. The molecule has 4 heteroatoms. The van der Waals surface area contributed by atoms with Gasteiger partial charge in [-0.3, -0.25) is 0 Å². The Morgan fingerprint density at radius 1 is 1.20 bits per heavy atom. The first-order chi connectivity index (χ1) is 9.55. The predicted molar refractivity (Wildman–Crippen MR) is 81.9 cm³/mol. The van der Waals surface area contributed by atoms with Gasteiger partial charge in [-0.1, -0.05) is 12.5 Å². The minimum absolute atomic E-state index is 0.152. The van der Waals surface area contributed by atoms with E-state index >= 15 is 0 Å². The van der Waals surface area contributed by atoms with Crippen LogP contribution >= 0.6 is 0 Å². The van der Waals surface area contributed by atoms with Gasteiger partial charge >= 0.3 is 0 Å². The summed E-state index contributed by atoms with van der Waals surface area (Å²) < 4.78 is 23.3. The molecule has 0 aromatic heterocycles. The van der Waals surface area contributed by atoms with Crippen molar-refractivity contribution in [2.24, 2.45) is 0 Å². The third-order valence-electron chi connectivity index (χ3n) is 4.81. The first-order valence-electron chi connectivity index (χ1n) is 7.49. The maximum absolute atomic E-state index is 11.6. The molecule has 0 amide bonds. The van der Waals surface area contributed by atoms with Crippen LogP contribution in [0.2, 0.25) is 0 Å². The Labute approximate surface area is 121 Å². The molecule has 0 N–H and O–H groups in total. The molecule has 1 aliphatic heterocycles. The molecule has 1 heterocycles. The number of benzene rings is 1. The van der Waals surface area contributed by atoms with Crippen molar-refractivity contribution >= 4 is 15.5 Å². The van der Waals surface area contributed by atoms with Gasteiger partial charge < -0.3 is 4.90 Å². The van der Waals surface area contributed by atoms with Crippen molar-refractivity contribution in [3.8, 4) is 0 Å². The maximum atomic E-state index is 11.6. The van der Waals surface area contributed by atoms with Gasteiger partial charge in [-0.05, 0) is 55.4 Å². The van der Waals surface area contributed by atoms with Crippen LogP contribution in [0.5, 0.6) is 0 Å². The van der Waals surface area contributed by atoms with Gasteiger partial charge in [0, 0.05) is 25.0 Å². The van der Waals surface area contributed by atoms with E-state index < -0.39 is 9.84 Å². The van der Waals surface area contributed by atoms with E-state index in [-0.39, 0.29) is 5.25 Å². The lowest BCUT2D eigenvalue weighted by atomic mass is 9.79. The molecule has 0 bridgehead atoms. The maximum Gasteiger partial charge on any atom is 0.150 e. The molecule has 20 heavy (non-hydrogen) atoms. The molecule has 109 valence electrons. The standard InChI is InChI=1S/C16H22NO2S/c1-20(18,19)14-9-11-17(12-10-14)16-8-3-2-7-15(16)13-5-4-6-13/h3,7-8,13-14H,4-6,9-12H2,1H3. The molecule has 1 saturated carbocycles. The highest BCUT2D eigenvalue weighted by Crippen LogP contribution is 2.41. The molecule has 1 saturated heterocycles. The van der Waals surface area contributed by atoms with Gasteiger partial charge in [-0.2, -0.15) is 0 Å². The van der Waals surface area contributed by atoms with E-state index in [1.54, 1.807) is 0 Å². The van der Waals surface area contributed by atoms with Gasteiger partial charge in [0.15, 0.2) is 0 Å². The van der Waals surface area contributed by atoms with Crippen molar-refractivity contribution < 1.29 is 8.42 Å². The first kappa shape index (κ1) is 13.9. The Bertz CT molecular complexity index is 570. The third kappa shape index (κ3) is 2.71. The second-order valence-electron chi connectivity index (χ2n) is 6.13. The number of piperidine rings is 1. The average molecular weight is 292 g/mol. The van der Waals surface area contributed by atoms with E-state index in [1.165, 1.54) is 36.8 Å². The smallest absolute Gasteiger partial charge is 0.150 e. The van der Waals surface area contributed by atoms with E-state index in [9.17, 15) is 8.42 Å². The lowest BCUT2D eigenvalue weighted by Gasteiger charge is -2.36. The van der Waals surface area contributed by atoms with E-state index in [1.807, 2.05) is 6.07 Å².